The van der Waals surface area contributed by atoms with Gasteiger partial charge < -0.3 is 20.1 Å². The van der Waals surface area contributed by atoms with E-state index in [-0.39, 0.29) is 26.2 Å². The van der Waals surface area contributed by atoms with Crippen molar-refractivity contribution < 1.29 is 38.5 Å². The summed E-state index contributed by atoms with van der Waals surface area (Å²) < 4.78 is 32.8. The van der Waals surface area contributed by atoms with Gasteiger partial charge in [0, 0.05) is 6.42 Å². The summed E-state index contributed by atoms with van der Waals surface area (Å²) in [4.78, 5) is 22.2. The molecule has 0 spiro atoms. The number of carbonyl (C=O) groups excluding carboxylic acids is 1. The lowest BCUT2D eigenvalue weighted by Crippen LogP contribution is -2.52. The molecule has 0 aliphatic heterocycles. The molecule has 0 aromatic rings. The van der Waals surface area contributed by atoms with Crippen LogP contribution in [-0.2, 0) is 27.9 Å². The van der Waals surface area contributed by atoms with Gasteiger partial charge in [-0.1, -0.05) is 119 Å². The molecule has 0 fully saturated rings. The Morgan fingerprint density at radius 1 is 0.750 bits per heavy atom. The Morgan fingerprint density at radius 2 is 1.36 bits per heavy atom. The van der Waals surface area contributed by atoms with Crippen molar-refractivity contribution in [2.45, 2.75) is 103 Å². The third kappa shape index (κ3) is 31.0. The lowest BCUT2D eigenvalue weighted by molar-refractivity contribution is -0.371. The standard InChI is InChI=1S/C35H58NO7P/c1-3-5-7-9-11-13-15-16-17-18-19-20-22-24-26-28-35(37)43-34(33-42-44(38,39)41-31-29-36)32-40-30-27-25-23-21-14-12-10-8-6-4-2/h6,8,10-14,16-17,21,23,25,27,30,34H,3-5,7,9,15,18-20,22,24,26,28-29,31-33,36H2,1-2H3,(H,38,39)/p+1/b8-6+,12-10+,13-11+,17-16+,21-14+,25-23+,30-27+/t34-/m1/s1. The van der Waals surface area contributed by atoms with Gasteiger partial charge in [-0.3, -0.25) is 13.8 Å². The number of hydrogen-bond donors (Lipinski definition) is 2. The van der Waals surface area contributed by atoms with Crippen molar-refractivity contribution in [2.24, 2.45) is 0 Å². The van der Waals surface area contributed by atoms with Crippen molar-refractivity contribution >= 4 is 13.8 Å². The molecule has 0 heterocycles. The summed E-state index contributed by atoms with van der Waals surface area (Å²) in [6.07, 6.45) is 40.1. The van der Waals surface area contributed by atoms with Crippen molar-refractivity contribution in [3.63, 3.8) is 0 Å². The number of allylic oxidation sites excluding steroid dienone is 13. The monoisotopic (exact) mass is 636 g/mol. The Hall–Kier alpha value is -2.48. The van der Waals surface area contributed by atoms with Crippen LogP contribution in [0.15, 0.2) is 85.3 Å². The molecule has 0 aromatic carbocycles. The quantitative estimate of drug-likeness (QED) is 0.0212. The summed E-state index contributed by atoms with van der Waals surface area (Å²) in [7, 11) is -4.27. The van der Waals surface area contributed by atoms with E-state index in [2.05, 4.69) is 50.0 Å². The van der Waals surface area contributed by atoms with Gasteiger partial charge in [-0.2, -0.15) is 0 Å². The zero-order chi connectivity index (χ0) is 32.4. The number of phosphoric acid groups is 1. The second-order valence-corrected chi connectivity index (χ2v) is 11.7. The number of ether oxygens (including phenoxy) is 2. The molecule has 1 unspecified atom stereocenters. The second-order valence-electron chi connectivity index (χ2n) is 10.2. The first-order valence-corrected chi connectivity index (χ1v) is 17.8. The summed E-state index contributed by atoms with van der Waals surface area (Å²) in [5, 5.41) is 0. The number of hydrogen-bond acceptors (Lipinski definition) is 6. The van der Waals surface area contributed by atoms with Crippen LogP contribution in [0.1, 0.15) is 97.3 Å². The summed E-state index contributed by atoms with van der Waals surface area (Å²) in [6.45, 7) is 4.25. The molecular formula is C35H59NO7P+. The number of quaternary nitrogens is 1. The zero-order valence-electron chi connectivity index (χ0n) is 27.2. The van der Waals surface area contributed by atoms with Crippen LogP contribution in [0.25, 0.3) is 0 Å². The highest BCUT2D eigenvalue weighted by molar-refractivity contribution is 7.47. The molecule has 250 valence electrons. The maximum atomic E-state index is 12.4. The molecule has 0 aliphatic carbocycles. The molecule has 44 heavy (non-hydrogen) atoms. The van der Waals surface area contributed by atoms with Gasteiger partial charge in [-0.05, 0) is 51.0 Å². The smallest absolute Gasteiger partial charge is 0.472 e. The average Bonchev–Trinajstić information content (AvgIpc) is 3.01. The van der Waals surface area contributed by atoms with E-state index < -0.39 is 19.9 Å². The summed E-state index contributed by atoms with van der Waals surface area (Å²) >= 11 is 0. The van der Waals surface area contributed by atoms with Crippen LogP contribution < -0.4 is 5.73 Å². The molecule has 4 N–H and O–H groups in total. The minimum absolute atomic E-state index is 0.0176. The lowest BCUT2D eigenvalue weighted by atomic mass is 10.1. The molecule has 2 atom stereocenters. The fraction of sp³-hybridized carbons (Fsp3) is 0.571. The lowest BCUT2D eigenvalue weighted by Gasteiger charge is -2.19. The van der Waals surface area contributed by atoms with E-state index in [1.165, 1.54) is 31.9 Å². The van der Waals surface area contributed by atoms with E-state index in [1.54, 1.807) is 12.2 Å². The Kier molecular flexibility index (Phi) is 30.1. The van der Waals surface area contributed by atoms with Crippen LogP contribution in [-0.4, -0.2) is 43.3 Å². The predicted octanol–water partition coefficient (Wildman–Crippen LogP) is 8.25. The molecule has 0 amide bonds. The van der Waals surface area contributed by atoms with Crippen molar-refractivity contribution in [1.82, 2.24) is 0 Å². The highest BCUT2D eigenvalue weighted by Crippen LogP contribution is 2.43. The molecule has 0 saturated heterocycles. The number of phosphoric ester groups is 1. The number of unbranched alkanes of at least 4 members (excludes halogenated alkanes) is 8. The number of carbonyl (C=O) groups is 1. The van der Waals surface area contributed by atoms with Crippen LogP contribution in [0.4, 0.5) is 0 Å². The van der Waals surface area contributed by atoms with Gasteiger partial charge in [0.25, 0.3) is 0 Å². The highest BCUT2D eigenvalue weighted by atomic mass is 31.2. The second kappa shape index (κ2) is 31.9. The molecule has 0 radical (unpaired) electrons. The molecular weight excluding hydrogens is 577 g/mol. The van der Waals surface area contributed by atoms with Crippen LogP contribution in [0.5, 0.6) is 0 Å². The Balaban J connectivity index is 4.38. The molecule has 0 aromatic heterocycles. The van der Waals surface area contributed by atoms with Crippen LogP contribution in [0.3, 0.4) is 0 Å². The fourth-order valence-corrected chi connectivity index (χ4v) is 4.49. The molecule has 0 bridgehead atoms. The van der Waals surface area contributed by atoms with Gasteiger partial charge in [0.15, 0.2) is 6.10 Å². The minimum atomic E-state index is -4.27. The van der Waals surface area contributed by atoms with Gasteiger partial charge >= 0.3 is 13.8 Å². The van der Waals surface area contributed by atoms with E-state index in [0.717, 1.165) is 51.4 Å². The fourth-order valence-electron chi connectivity index (χ4n) is 3.70. The molecule has 0 saturated carbocycles. The normalized spacial score (nSPS) is 14.8. The molecule has 8 nitrogen and oxygen atoms in total. The maximum absolute atomic E-state index is 12.4. The van der Waals surface area contributed by atoms with Crippen LogP contribution in [0, 0.1) is 0 Å². The Labute approximate surface area is 267 Å². The van der Waals surface area contributed by atoms with Crippen molar-refractivity contribution in [3.8, 4) is 0 Å². The van der Waals surface area contributed by atoms with E-state index in [4.69, 9.17) is 18.5 Å². The van der Waals surface area contributed by atoms with Gasteiger partial charge in [-0.25, -0.2) is 4.57 Å². The van der Waals surface area contributed by atoms with Gasteiger partial charge in [0.1, 0.15) is 13.2 Å². The maximum Gasteiger partial charge on any atom is 0.472 e. The third-order valence-electron chi connectivity index (χ3n) is 6.06. The van der Waals surface area contributed by atoms with Crippen molar-refractivity contribution in [3.05, 3.63) is 85.3 Å². The van der Waals surface area contributed by atoms with Gasteiger partial charge in [0.05, 0.1) is 19.4 Å². The first-order chi connectivity index (χ1) is 21.4. The molecule has 0 aliphatic rings. The van der Waals surface area contributed by atoms with E-state index in [9.17, 15) is 14.3 Å². The van der Waals surface area contributed by atoms with E-state index in [0.29, 0.717) is 6.54 Å². The van der Waals surface area contributed by atoms with Gasteiger partial charge in [0.2, 0.25) is 0 Å². The number of esters is 1. The highest BCUT2D eigenvalue weighted by Gasteiger charge is 2.25. The largest absolute Gasteiger partial charge is 0.497 e. The van der Waals surface area contributed by atoms with Crippen molar-refractivity contribution in [1.29, 1.82) is 0 Å². The zero-order valence-corrected chi connectivity index (χ0v) is 28.1. The first-order valence-electron chi connectivity index (χ1n) is 16.3. The summed E-state index contributed by atoms with van der Waals surface area (Å²) in [5.41, 5.74) is 3.57. The van der Waals surface area contributed by atoms with Crippen LogP contribution in [0.2, 0.25) is 0 Å². The average molecular weight is 637 g/mol. The first kappa shape index (κ1) is 41.5. The molecule has 9 heteroatoms. The van der Waals surface area contributed by atoms with Crippen LogP contribution >= 0.6 is 7.82 Å². The minimum Gasteiger partial charge on any atom is -0.497 e. The topological polar surface area (TPSA) is 119 Å². The van der Waals surface area contributed by atoms with E-state index in [1.807, 2.05) is 36.5 Å². The SMILES string of the molecule is CC/C=C/C=C/C=C/C=C/C=C/OC[C@H](COP(=O)(O)OCC[NH3+])OC(=O)CCCCCCC/C=C/C/C=C/CCCCC. The molecule has 0 rings (SSSR count). The Bertz CT molecular complexity index is 937. The van der Waals surface area contributed by atoms with Gasteiger partial charge in [-0.15, -0.1) is 0 Å². The van der Waals surface area contributed by atoms with Crippen molar-refractivity contribution in [2.75, 3.05) is 26.4 Å². The summed E-state index contributed by atoms with van der Waals surface area (Å²) in [6, 6.07) is 0. The number of rotatable bonds is 29. The Morgan fingerprint density at radius 3 is 2.02 bits per heavy atom. The van der Waals surface area contributed by atoms with E-state index >= 15 is 0 Å². The third-order valence-corrected chi connectivity index (χ3v) is 7.04. The predicted molar refractivity (Wildman–Crippen MR) is 181 cm³/mol. The summed E-state index contributed by atoms with van der Waals surface area (Å²) in [5.74, 6) is -0.393.